The molecule has 1 aliphatic rings. The van der Waals surface area contributed by atoms with Crippen molar-refractivity contribution in [3.63, 3.8) is 0 Å². The Hall–Kier alpha value is -1.35. The van der Waals surface area contributed by atoms with Crippen LogP contribution in [0.3, 0.4) is 0 Å². The van der Waals surface area contributed by atoms with Gasteiger partial charge in [0.25, 0.3) is 0 Å². The van der Waals surface area contributed by atoms with Crippen LogP contribution in [0.4, 0.5) is 0 Å². The van der Waals surface area contributed by atoms with E-state index in [9.17, 15) is 0 Å². The molecular weight excluding hydrogens is 200 g/mol. The summed E-state index contributed by atoms with van der Waals surface area (Å²) in [5.41, 5.74) is 4.72. The van der Waals surface area contributed by atoms with E-state index in [1.165, 1.54) is 11.1 Å². The van der Waals surface area contributed by atoms with Gasteiger partial charge in [0.1, 0.15) is 0 Å². The molecule has 0 amide bonds. The summed E-state index contributed by atoms with van der Waals surface area (Å²) >= 11 is 0. The summed E-state index contributed by atoms with van der Waals surface area (Å²) in [5, 5.41) is 5.16. The van der Waals surface area contributed by atoms with Crippen LogP contribution in [0.5, 0.6) is 0 Å². The molecule has 0 saturated heterocycles. The third-order valence-corrected chi connectivity index (χ3v) is 3.45. The van der Waals surface area contributed by atoms with Gasteiger partial charge in [-0.25, -0.2) is 0 Å². The number of nitrogens with zero attached hydrogens (tertiary/aromatic N) is 2. The quantitative estimate of drug-likeness (QED) is 0.734. The average Bonchev–Trinajstić information content (AvgIpc) is 2.80. The van der Waals surface area contributed by atoms with Crippen LogP contribution >= 0.6 is 0 Å². The standard InChI is InChI=1S/C13H16N2O/c1-8(2)15-6-10-4-12-9(3)14-16-13(12)5-11(10)7-15/h4-5,8H,6-7H2,1-3H3. The Balaban J connectivity index is 2.09. The minimum Gasteiger partial charge on any atom is -0.356 e. The van der Waals surface area contributed by atoms with Crippen LogP contribution < -0.4 is 0 Å². The van der Waals surface area contributed by atoms with Crippen LogP contribution in [0.2, 0.25) is 0 Å². The molecule has 0 saturated carbocycles. The van der Waals surface area contributed by atoms with Gasteiger partial charge in [-0.3, -0.25) is 4.90 Å². The fourth-order valence-electron chi connectivity index (χ4n) is 2.34. The number of fused-ring (bicyclic) bond motifs is 2. The van der Waals surface area contributed by atoms with E-state index in [1.54, 1.807) is 0 Å². The maximum Gasteiger partial charge on any atom is 0.167 e. The average molecular weight is 216 g/mol. The van der Waals surface area contributed by atoms with Crippen LogP contribution in [-0.4, -0.2) is 16.1 Å². The first kappa shape index (κ1) is 9.85. The van der Waals surface area contributed by atoms with Crippen molar-refractivity contribution < 1.29 is 4.52 Å². The fraction of sp³-hybridized carbons (Fsp3) is 0.462. The molecule has 0 unspecified atom stereocenters. The first-order valence-corrected chi connectivity index (χ1v) is 5.77. The summed E-state index contributed by atoms with van der Waals surface area (Å²) in [6.07, 6.45) is 0. The van der Waals surface area contributed by atoms with Gasteiger partial charge in [-0.15, -0.1) is 0 Å². The van der Waals surface area contributed by atoms with Gasteiger partial charge in [-0.05, 0) is 44.0 Å². The Morgan fingerprint density at radius 2 is 1.94 bits per heavy atom. The van der Waals surface area contributed by atoms with Crippen molar-refractivity contribution in [2.75, 3.05) is 0 Å². The van der Waals surface area contributed by atoms with Crippen molar-refractivity contribution in [3.8, 4) is 0 Å². The van der Waals surface area contributed by atoms with Crippen LogP contribution in [0, 0.1) is 6.92 Å². The first-order chi connectivity index (χ1) is 7.65. The predicted molar refractivity (Wildman–Crippen MR) is 63.1 cm³/mol. The summed E-state index contributed by atoms with van der Waals surface area (Å²) in [5.74, 6) is 0. The second-order valence-electron chi connectivity index (χ2n) is 4.88. The van der Waals surface area contributed by atoms with Crippen molar-refractivity contribution in [2.45, 2.75) is 39.9 Å². The molecule has 3 rings (SSSR count). The molecule has 2 heterocycles. The lowest BCUT2D eigenvalue weighted by Gasteiger charge is -2.18. The highest BCUT2D eigenvalue weighted by atomic mass is 16.5. The number of hydrogen-bond acceptors (Lipinski definition) is 3. The molecule has 1 aliphatic heterocycles. The molecule has 1 aromatic carbocycles. The van der Waals surface area contributed by atoms with E-state index in [0.717, 1.165) is 29.8 Å². The second kappa shape index (κ2) is 3.32. The topological polar surface area (TPSA) is 29.3 Å². The van der Waals surface area contributed by atoms with Crippen molar-refractivity contribution in [2.24, 2.45) is 0 Å². The third-order valence-electron chi connectivity index (χ3n) is 3.45. The lowest BCUT2D eigenvalue weighted by atomic mass is 10.1. The zero-order chi connectivity index (χ0) is 11.3. The first-order valence-electron chi connectivity index (χ1n) is 5.77. The summed E-state index contributed by atoms with van der Waals surface area (Å²) < 4.78 is 5.30. The Bertz CT molecular complexity index is 542. The maximum atomic E-state index is 5.30. The zero-order valence-corrected chi connectivity index (χ0v) is 9.95. The Morgan fingerprint density at radius 1 is 1.25 bits per heavy atom. The number of aryl methyl sites for hydroxylation is 1. The lowest BCUT2D eigenvalue weighted by Crippen LogP contribution is -2.24. The minimum atomic E-state index is 0.595. The molecule has 16 heavy (non-hydrogen) atoms. The summed E-state index contributed by atoms with van der Waals surface area (Å²) in [6, 6.07) is 4.98. The Kier molecular flexibility index (Phi) is 2.04. The molecule has 2 aromatic rings. The zero-order valence-electron chi connectivity index (χ0n) is 9.95. The molecular formula is C13H16N2O. The minimum absolute atomic E-state index is 0.595. The van der Waals surface area contributed by atoms with Gasteiger partial charge in [0.05, 0.1) is 5.69 Å². The molecule has 0 bridgehead atoms. The molecule has 0 radical (unpaired) electrons. The van der Waals surface area contributed by atoms with E-state index in [-0.39, 0.29) is 0 Å². The smallest absolute Gasteiger partial charge is 0.167 e. The van der Waals surface area contributed by atoms with Gasteiger partial charge in [0, 0.05) is 24.5 Å². The number of rotatable bonds is 1. The van der Waals surface area contributed by atoms with Gasteiger partial charge >= 0.3 is 0 Å². The summed E-state index contributed by atoms with van der Waals surface area (Å²) in [4.78, 5) is 2.46. The van der Waals surface area contributed by atoms with Crippen LogP contribution in [0.1, 0.15) is 30.7 Å². The monoisotopic (exact) mass is 216 g/mol. The molecule has 0 aliphatic carbocycles. The number of aromatic nitrogens is 1. The number of hydrogen-bond donors (Lipinski definition) is 0. The van der Waals surface area contributed by atoms with E-state index in [4.69, 9.17) is 4.52 Å². The Morgan fingerprint density at radius 3 is 2.62 bits per heavy atom. The molecule has 0 fully saturated rings. The second-order valence-corrected chi connectivity index (χ2v) is 4.88. The van der Waals surface area contributed by atoms with Crippen LogP contribution in [0.25, 0.3) is 11.0 Å². The highest BCUT2D eigenvalue weighted by Gasteiger charge is 2.22. The van der Waals surface area contributed by atoms with Gasteiger partial charge < -0.3 is 4.52 Å². The van der Waals surface area contributed by atoms with Gasteiger partial charge in [0.2, 0.25) is 0 Å². The molecule has 1 aromatic heterocycles. The summed E-state index contributed by atoms with van der Waals surface area (Å²) in [7, 11) is 0. The van der Waals surface area contributed by atoms with Gasteiger partial charge in [-0.1, -0.05) is 5.16 Å². The van der Waals surface area contributed by atoms with Crippen LogP contribution in [0.15, 0.2) is 16.7 Å². The largest absolute Gasteiger partial charge is 0.356 e. The number of benzene rings is 1. The van der Waals surface area contributed by atoms with Gasteiger partial charge in [-0.2, -0.15) is 0 Å². The van der Waals surface area contributed by atoms with Crippen molar-refractivity contribution in [1.82, 2.24) is 10.1 Å². The lowest BCUT2D eigenvalue weighted by molar-refractivity contribution is 0.227. The van der Waals surface area contributed by atoms with E-state index >= 15 is 0 Å². The van der Waals surface area contributed by atoms with Crippen molar-refractivity contribution >= 4 is 11.0 Å². The van der Waals surface area contributed by atoms with Crippen molar-refractivity contribution in [1.29, 1.82) is 0 Å². The van der Waals surface area contributed by atoms with E-state index in [2.05, 4.69) is 36.0 Å². The van der Waals surface area contributed by atoms with E-state index in [1.807, 2.05) is 6.92 Å². The maximum absolute atomic E-state index is 5.30. The van der Waals surface area contributed by atoms with Crippen molar-refractivity contribution in [3.05, 3.63) is 29.0 Å². The Labute approximate surface area is 95.0 Å². The molecule has 84 valence electrons. The molecule has 0 N–H and O–H groups in total. The SMILES string of the molecule is Cc1noc2cc3c(cc12)CN(C(C)C)C3. The summed E-state index contributed by atoms with van der Waals surface area (Å²) in [6.45, 7) is 8.55. The highest BCUT2D eigenvalue weighted by molar-refractivity contribution is 5.81. The molecule has 0 atom stereocenters. The van der Waals surface area contributed by atoms with Crippen LogP contribution in [-0.2, 0) is 13.1 Å². The molecule has 3 heteroatoms. The molecule has 0 spiro atoms. The highest BCUT2D eigenvalue weighted by Crippen LogP contribution is 2.30. The predicted octanol–water partition coefficient (Wildman–Crippen LogP) is 2.86. The fourth-order valence-corrected chi connectivity index (χ4v) is 2.34. The van der Waals surface area contributed by atoms with Gasteiger partial charge in [0.15, 0.2) is 5.58 Å². The third kappa shape index (κ3) is 1.35. The normalized spacial score (nSPS) is 16.2. The van der Waals surface area contributed by atoms with E-state index < -0.39 is 0 Å². The van der Waals surface area contributed by atoms with E-state index in [0.29, 0.717) is 6.04 Å². The molecule has 3 nitrogen and oxygen atoms in total.